The number of fused-ring (bicyclic) bond motifs is 2. The third-order valence-electron chi connectivity index (χ3n) is 7.83. The predicted molar refractivity (Wildman–Crippen MR) is 180 cm³/mol. The highest BCUT2D eigenvalue weighted by Gasteiger charge is 2.17. The van der Waals surface area contributed by atoms with Crippen LogP contribution in [0.4, 0.5) is 23.5 Å². The number of aryl methyl sites for hydroxylation is 4. The largest absolute Gasteiger partial charge is 0.465 e. The average molecular weight is 636 g/mol. The van der Waals surface area contributed by atoms with Crippen LogP contribution in [0, 0.1) is 13.8 Å². The Labute approximate surface area is 270 Å². The standard InChI is InChI=1S/C33H37N11O3/c1-6-43-28(16-20(3)39-43)37-32-35-24-18-22(30(34)45)10-12-26(24)41(32)14-8-9-15-42-27-13-11-23(31(46)47-5)19-25(27)36-33(42)38-29-17-21(4)40-44(29)7-2/h8-13,16-19H,6-7,14-15H2,1-5H3,(H2,34,45)(H,35,37)(H,36,38)/b9-8+. The van der Waals surface area contributed by atoms with E-state index in [0.717, 1.165) is 34.1 Å². The molecule has 0 atom stereocenters. The summed E-state index contributed by atoms with van der Waals surface area (Å²) in [7, 11) is 1.36. The lowest BCUT2D eigenvalue weighted by Crippen LogP contribution is -2.10. The zero-order valence-electron chi connectivity index (χ0n) is 27.0. The van der Waals surface area contributed by atoms with E-state index < -0.39 is 11.9 Å². The van der Waals surface area contributed by atoms with Crippen LogP contribution in [0.5, 0.6) is 0 Å². The van der Waals surface area contributed by atoms with E-state index in [9.17, 15) is 9.59 Å². The molecule has 0 radical (unpaired) electrons. The zero-order valence-corrected chi connectivity index (χ0v) is 27.0. The van der Waals surface area contributed by atoms with Crippen LogP contribution in [-0.2, 0) is 30.9 Å². The average Bonchev–Trinajstić information content (AvgIpc) is 3.80. The fourth-order valence-electron chi connectivity index (χ4n) is 5.58. The smallest absolute Gasteiger partial charge is 0.337 e. The molecule has 0 aliphatic rings. The molecule has 47 heavy (non-hydrogen) atoms. The minimum atomic E-state index is -0.511. The number of hydrogen-bond acceptors (Lipinski definition) is 9. The Morgan fingerprint density at radius 3 is 1.68 bits per heavy atom. The first kappa shape index (κ1) is 31.1. The van der Waals surface area contributed by atoms with E-state index in [2.05, 4.69) is 33.0 Å². The summed E-state index contributed by atoms with van der Waals surface area (Å²) in [6.07, 6.45) is 4.10. The van der Waals surface area contributed by atoms with Gasteiger partial charge in [0.1, 0.15) is 11.6 Å². The van der Waals surface area contributed by atoms with Gasteiger partial charge in [-0.05, 0) is 64.1 Å². The van der Waals surface area contributed by atoms with Crippen LogP contribution in [0.1, 0.15) is 46.0 Å². The number of ether oxygens (including phenoxy) is 1. The minimum absolute atomic E-state index is 0.390. The molecule has 4 heterocycles. The molecule has 0 unspecified atom stereocenters. The first-order valence-corrected chi connectivity index (χ1v) is 15.4. The number of primary amides is 1. The number of amides is 1. The van der Waals surface area contributed by atoms with Gasteiger partial charge in [-0.2, -0.15) is 10.2 Å². The van der Waals surface area contributed by atoms with E-state index in [1.54, 1.807) is 24.3 Å². The molecular weight excluding hydrogens is 598 g/mol. The van der Waals surface area contributed by atoms with E-state index in [1.807, 2.05) is 70.5 Å². The van der Waals surface area contributed by atoms with Crippen molar-refractivity contribution in [3.8, 4) is 0 Å². The molecule has 0 aliphatic carbocycles. The van der Waals surface area contributed by atoms with Crippen molar-refractivity contribution < 1.29 is 14.3 Å². The Bertz CT molecular complexity index is 2150. The number of methoxy groups -OCH3 is 1. The Morgan fingerprint density at radius 2 is 1.23 bits per heavy atom. The lowest BCUT2D eigenvalue weighted by molar-refractivity contribution is 0.0600. The second kappa shape index (κ2) is 12.8. The number of imidazole rings is 2. The van der Waals surface area contributed by atoms with Crippen LogP contribution < -0.4 is 16.4 Å². The lowest BCUT2D eigenvalue weighted by Gasteiger charge is -2.11. The number of nitrogens with one attached hydrogen (secondary N) is 2. The van der Waals surface area contributed by atoms with Crippen LogP contribution in [0.25, 0.3) is 22.1 Å². The van der Waals surface area contributed by atoms with E-state index >= 15 is 0 Å². The number of anilines is 4. The van der Waals surface area contributed by atoms with E-state index in [-0.39, 0.29) is 0 Å². The first-order chi connectivity index (χ1) is 22.7. The van der Waals surface area contributed by atoms with Gasteiger partial charge in [0.05, 0.1) is 46.1 Å². The van der Waals surface area contributed by atoms with Gasteiger partial charge in [-0.1, -0.05) is 12.2 Å². The van der Waals surface area contributed by atoms with Crippen molar-refractivity contribution in [2.75, 3.05) is 17.7 Å². The quantitative estimate of drug-likeness (QED) is 0.123. The summed E-state index contributed by atoms with van der Waals surface area (Å²) in [5.41, 5.74) is 11.1. The summed E-state index contributed by atoms with van der Waals surface area (Å²) in [5, 5.41) is 16.0. The van der Waals surface area contributed by atoms with Gasteiger partial charge in [0.2, 0.25) is 17.8 Å². The minimum Gasteiger partial charge on any atom is -0.465 e. The van der Waals surface area contributed by atoms with Crippen molar-refractivity contribution in [1.82, 2.24) is 38.7 Å². The molecule has 1 amide bonds. The van der Waals surface area contributed by atoms with E-state index in [4.69, 9.17) is 20.4 Å². The molecule has 0 fully saturated rings. The second-order valence-corrected chi connectivity index (χ2v) is 11.0. The van der Waals surface area contributed by atoms with E-state index in [1.165, 1.54) is 7.11 Å². The number of esters is 1. The van der Waals surface area contributed by atoms with Gasteiger partial charge < -0.3 is 30.2 Å². The SMILES string of the molecule is CCn1nc(C)cc1Nc1nc2cc(C(N)=O)ccc2n1C/C=C/Cn1c(Nc2cc(C)nn2CC)nc2cc(C(=O)OC)ccc21. The maximum atomic E-state index is 12.2. The van der Waals surface area contributed by atoms with Crippen LogP contribution in [0.15, 0.2) is 60.7 Å². The van der Waals surface area contributed by atoms with Crippen molar-refractivity contribution in [2.45, 2.75) is 53.9 Å². The molecule has 0 bridgehead atoms. The predicted octanol–water partition coefficient (Wildman–Crippen LogP) is 5.06. The Balaban J connectivity index is 1.34. The molecule has 14 heteroatoms. The fourth-order valence-corrected chi connectivity index (χ4v) is 5.58. The summed E-state index contributed by atoms with van der Waals surface area (Å²) >= 11 is 0. The number of carbonyl (C=O) groups excluding carboxylic acids is 2. The van der Waals surface area contributed by atoms with Gasteiger partial charge in [-0.15, -0.1) is 0 Å². The highest BCUT2D eigenvalue weighted by molar-refractivity contribution is 5.97. The van der Waals surface area contributed by atoms with Crippen LogP contribution in [-0.4, -0.2) is 57.6 Å². The monoisotopic (exact) mass is 635 g/mol. The summed E-state index contributed by atoms with van der Waals surface area (Å²) in [4.78, 5) is 33.8. The molecule has 0 aliphatic heterocycles. The number of hydrogen-bond donors (Lipinski definition) is 3. The normalized spacial score (nSPS) is 11.6. The fraction of sp³-hybridized carbons (Fsp3) is 0.273. The van der Waals surface area contributed by atoms with Crippen LogP contribution >= 0.6 is 0 Å². The molecular formula is C33H37N11O3. The Kier molecular flexibility index (Phi) is 8.48. The number of benzene rings is 2. The summed E-state index contributed by atoms with van der Waals surface area (Å²) < 4.78 is 12.8. The van der Waals surface area contributed by atoms with Crippen molar-refractivity contribution in [3.63, 3.8) is 0 Å². The number of rotatable bonds is 12. The summed E-state index contributed by atoms with van der Waals surface area (Å²) in [6.45, 7) is 10.3. The summed E-state index contributed by atoms with van der Waals surface area (Å²) in [6, 6.07) is 14.5. The Hall–Kier alpha value is -5.92. The highest BCUT2D eigenvalue weighted by Crippen LogP contribution is 2.27. The number of nitrogens with two attached hydrogens (primary N) is 1. The van der Waals surface area contributed by atoms with Crippen molar-refractivity contribution in [2.24, 2.45) is 5.73 Å². The third kappa shape index (κ3) is 6.17. The molecule has 6 aromatic rings. The molecule has 4 N–H and O–H groups in total. The molecule has 4 aromatic heterocycles. The van der Waals surface area contributed by atoms with E-state index in [0.29, 0.717) is 60.2 Å². The van der Waals surface area contributed by atoms with Crippen molar-refractivity contribution >= 4 is 57.5 Å². The summed E-state index contributed by atoms with van der Waals surface area (Å²) in [5.74, 6) is 1.91. The zero-order chi connectivity index (χ0) is 33.2. The molecule has 2 aromatic carbocycles. The molecule has 242 valence electrons. The van der Waals surface area contributed by atoms with Crippen molar-refractivity contribution in [3.05, 3.63) is 83.2 Å². The molecule has 0 saturated heterocycles. The van der Waals surface area contributed by atoms with Crippen molar-refractivity contribution in [1.29, 1.82) is 0 Å². The first-order valence-electron chi connectivity index (χ1n) is 15.4. The second-order valence-electron chi connectivity index (χ2n) is 11.0. The molecule has 6 rings (SSSR count). The molecule has 0 spiro atoms. The number of nitrogens with zero attached hydrogens (tertiary/aromatic N) is 8. The maximum absolute atomic E-state index is 12.2. The van der Waals surface area contributed by atoms with Gasteiger partial charge in [-0.25, -0.2) is 24.1 Å². The maximum Gasteiger partial charge on any atom is 0.337 e. The van der Waals surface area contributed by atoms with Gasteiger partial charge >= 0.3 is 5.97 Å². The van der Waals surface area contributed by atoms with Crippen LogP contribution in [0.3, 0.4) is 0 Å². The topological polar surface area (TPSA) is 165 Å². The Morgan fingerprint density at radius 1 is 0.766 bits per heavy atom. The highest BCUT2D eigenvalue weighted by atomic mass is 16.5. The van der Waals surface area contributed by atoms with Crippen LogP contribution in [0.2, 0.25) is 0 Å². The number of carbonyl (C=O) groups is 2. The molecule has 0 saturated carbocycles. The van der Waals surface area contributed by atoms with Gasteiger partial charge in [0.15, 0.2) is 0 Å². The lowest BCUT2D eigenvalue weighted by atomic mass is 10.2. The van der Waals surface area contributed by atoms with Gasteiger partial charge in [0.25, 0.3) is 0 Å². The number of allylic oxidation sites excluding steroid dienone is 2. The third-order valence-corrected chi connectivity index (χ3v) is 7.83. The van der Waals surface area contributed by atoms with Gasteiger partial charge in [-0.3, -0.25) is 4.79 Å². The number of aromatic nitrogens is 8. The van der Waals surface area contributed by atoms with Gasteiger partial charge in [0, 0.05) is 43.9 Å². The molecule has 14 nitrogen and oxygen atoms in total.